The SMILES string of the molecule is O=c1cc(-c2ccccc2)[nH]n1-c1ccncc1. The highest BCUT2D eigenvalue weighted by atomic mass is 16.1. The Bertz CT molecular complexity index is 699. The van der Waals surface area contributed by atoms with Crippen LogP contribution in [0.1, 0.15) is 0 Å². The van der Waals surface area contributed by atoms with E-state index < -0.39 is 0 Å². The summed E-state index contributed by atoms with van der Waals surface area (Å²) < 4.78 is 1.50. The van der Waals surface area contributed by atoms with E-state index >= 15 is 0 Å². The van der Waals surface area contributed by atoms with Crippen LogP contribution in [-0.2, 0) is 0 Å². The van der Waals surface area contributed by atoms with Gasteiger partial charge in [0, 0.05) is 18.5 Å². The van der Waals surface area contributed by atoms with Gasteiger partial charge in [0.1, 0.15) is 0 Å². The molecule has 0 atom stereocenters. The van der Waals surface area contributed by atoms with Crippen LogP contribution in [-0.4, -0.2) is 14.8 Å². The molecule has 4 heteroatoms. The van der Waals surface area contributed by atoms with Crippen molar-refractivity contribution in [1.29, 1.82) is 0 Å². The second-order valence-electron chi connectivity index (χ2n) is 3.91. The van der Waals surface area contributed by atoms with E-state index in [1.165, 1.54) is 4.68 Å². The third-order valence-corrected chi connectivity index (χ3v) is 2.73. The number of H-pyrrole nitrogens is 1. The van der Waals surface area contributed by atoms with Crippen molar-refractivity contribution in [3.63, 3.8) is 0 Å². The van der Waals surface area contributed by atoms with Crippen molar-refractivity contribution in [1.82, 2.24) is 14.8 Å². The van der Waals surface area contributed by atoms with Crippen LogP contribution in [0.4, 0.5) is 0 Å². The van der Waals surface area contributed by atoms with Gasteiger partial charge in [-0.15, -0.1) is 0 Å². The molecule has 0 fully saturated rings. The minimum atomic E-state index is -0.0833. The average Bonchev–Trinajstić information content (AvgIpc) is 2.83. The van der Waals surface area contributed by atoms with Crippen LogP contribution in [0.5, 0.6) is 0 Å². The lowest BCUT2D eigenvalue weighted by Gasteiger charge is -2.01. The lowest BCUT2D eigenvalue weighted by Crippen LogP contribution is -2.13. The van der Waals surface area contributed by atoms with Crippen LogP contribution in [0, 0.1) is 0 Å². The quantitative estimate of drug-likeness (QED) is 0.743. The lowest BCUT2D eigenvalue weighted by atomic mass is 10.2. The highest BCUT2D eigenvalue weighted by Gasteiger charge is 2.05. The van der Waals surface area contributed by atoms with Crippen molar-refractivity contribution >= 4 is 0 Å². The standard InChI is InChI=1S/C14H11N3O/c18-14-10-13(11-4-2-1-3-5-11)16-17(14)12-6-8-15-9-7-12/h1-10,16H. The van der Waals surface area contributed by atoms with E-state index in [1.807, 2.05) is 30.3 Å². The Morgan fingerprint density at radius 1 is 1.00 bits per heavy atom. The Kier molecular flexibility index (Phi) is 2.53. The zero-order valence-electron chi connectivity index (χ0n) is 9.58. The Hall–Kier alpha value is -2.62. The average molecular weight is 237 g/mol. The van der Waals surface area contributed by atoms with Crippen molar-refractivity contribution in [2.45, 2.75) is 0 Å². The number of aromatic amines is 1. The second kappa shape index (κ2) is 4.33. The van der Waals surface area contributed by atoms with Gasteiger partial charge >= 0.3 is 0 Å². The summed E-state index contributed by atoms with van der Waals surface area (Å²) in [6.07, 6.45) is 3.32. The summed E-state index contributed by atoms with van der Waals surface area (Å²) in [5.41, 5.74) is 2.48. The van der Waals surface area contributed by atoms with Crippen molar-refractivity contribution < 1.29 is 0 Å². The fourth-order valence-corrected chi connectivity index (χ4v) is 1.85. The van der Waals surface area contributed by atoms with E-state index in [9.17, 15) is 4.79 Å². The molecule has 88 valence electrons. The summed E-state index contributed by atoms with van der Waals surface area (Å²) in [6.45, 7) is 0. The predicted octanol–water partition coefficient (Wildman–Crippen LogP) is 2.23. The molecule has 0 saturated heterocycles. The van der Waals surface area contributed by atoms with E-state index in [4.69, 9.17) is 0 Å². The van der Waals surface area contributed by atoms with Crippen LogP contribution in [0.15, 0.2) is 65.7 Å². The first-order chi connectivity index (χ1) is 8.84. The molecule has 3 rings (SSSR count). The molecule has 4 nitrogen and oxygen atoms in total. The number of hydrogen-bond acceptors (Lipinski definition) is 2. The number of nitrogens with zero attached hydrogens (tertiary/aromatic N) is 2. The largest absolute Gasteiger partial charge is 0.290 e. The lowest BCUT2D eigenvalue weighted by molar-refractivity contribution is 0.850. The molecule has 1 N–H and O–H groups in total. The maximum atomic E-state index is 11.9. The van der Waals surface area contributed by atoms with Gasteiger partial charge in [0.2, 0.25) is 0 Å². The summed E-state index contributed by atoms with van der Waals surface area (Å²) in [5.74, 6) is 0. The molecular weight excluding hydrogens is 226 g/mol. The molecule has 1 aromatic carbocycles. The third kappa shape index (κ3) is 1.84. The van der Waals surface area contributed by atoms with E-state index in [-0.39, 0.29) is 5.56 Å². The second-order valence-corrected chi connectivity index (χ2v) is 3.91. The molecule has 3 aromatic rings. The molecule has 0 aliphatic heterocycles. The summed E-state index contributed by atoms with van der Waals surface area (Å²) in [7, 11) is 0. The molecule has 2 heterocycles. The topological polar surface area (TPSA) is 50.7 Å². The first-order valence-electron chi connectivity index (χ1n) is 5.62. The Morgan fingerprint density at radius 2 is 1.72 bits per heavy atom. The Morgan fingerprint density at radius 3 is 2.44 bits per heavy atom. The van der Waals surface area contributed by atoms with Crippen molar-refractivity contribution in [2.75, 3.05) is 0 Å². The Balaban J connectivity index is 2.10. The molecule has 18 heavy (non-hydrogen) atoms. The number of aromatic nitrogens is 3. The van der Waals surface area contributed by atoms with Crippen molar-refractivity contribution in [3.05, 3.63) is 71.3 Å². The van der Waals surface area contributed by atoms with Crippen LogP contribution < -0.4 is 5.56 Å². The number of nitrogens with one attached hydrogen (secondary N) is 1. The molecule has 0 radical (unpaired) electrons. The normalized spacial score (nSPS) is 10.4. The fourth-order valence-electron chi connectivity index (χ4n) is 1.85. The maximum Gasteiger partial charge on any atom is 0.271 e. The van der Waals surface area contributed by atoms with Gasteiger partial charge in [0.25, 0.3) is 5.56 Å². The number of benzene rings is 1. The number of hydrogen-bond donors (Lipinski definition) is 1. The zero-order valence-corrected chi connectivity index (χ0v) is 9.58. The van der Waals surface area contributed by atoms with Crippen molar-refractivity contribution in [2.24, 2.45) is 0 Å². The first-order valence-corrected chi connectivity index (χ1v) is 5.62. The number of rotatable bonds is 2. The molecule has 0 aliphatic carbocycles. The minimum Gasteiger partial charge on any atom is -0.290 e. The summed E-state index contributed by atoms with van der Waals surface area (Å²) in [4.78, 5) is 15.9. The van der Waals surface area contributed by atoms with Gasteiger partial charge in [-0.1, -0.05) is 30.3 Å². The molecule has 0 aliphatic rings. The number of pyridine rings is 1. The molecule has 0 bridgehead atoms. The summed E-state index contributed by atoms with van der Waals surface area (Å²) in [6, 6.07) is 14.9. The van der Waals surface area contributed by atoms with Gasteiger partial charge < -0.3 is 0 Å². The van der Waals surface area contributed by atoms with Crippen LogP contribution in [0.2, 0.25) is 0 Å². The van der Waals surface area contributed by atoms with Gasteiger partial charge in [0.15, 0.2) is 0 Å². The molecule has 0 spiro atoms. The van der Waals surface area contributed by atoms with Gasteiger partial charge in [-0.05, 0) is 17.7 Å². The summed E-state index contributed by atoms with van der Waals surface area (Å²) in [5, 5.41) is 3.09. The van der Waals surface area contributed by atoms with Crippen LogP contribution >= 0.6 is 0 Å². The van der Waals surface area contributed by atoms with E-state index in [1.54, 1.807) is 30.6 Å². The highest BCUT2D eigenvalue weighted by Crippen LogP contribution is 2.15. The fraction of sp³-hybridized carbons (Fsp3) is 0. The van der Waals surface area contributed by atoms with E-state index in [2.05, 4.69) is 10.1 Å². The van der Waals surface area contributed by atoms with E-state index in [0.717, 1.165) is 16.9 Å². The maximum absolute atomic E-state index is 11.9. The summed E-state index contributed by atoms with van der Waals surface area (Å²) >= 11 is 0. The molecule has 2 aromatic heterocycles. The van der Waals surface area contributed by atoms with Gasteiger partial charge in [-0.25, -0.2) is 4.68 Å². The minimum absolute atomic E-state index is 0.0833. The monoisotopic (exact) mass is 237 g/mol. The van der Waals surface area contributed by atoms with E-state index in [0.29, 0.717) is 0 Å². The van der Waals surface area contributed by atoms with Crippen LogP contribution in [0.25, 0.3) is 16.9 Å². The predicted molar refractivity (Wildman–Crippen MR) is 69.6 cm³/mol. The molecule has 0 amide bonds. The molecule has 0 unspecified atom stereocenters. The molecule has 0 saturated carbocycles. The van der Waals surface area contributed by atoms with Crippen LogP contribution in [0.3, 0.4) is 0 Å². The van der Waals surface area contributed by atoms with Gasteiger partial charge in [0.05, 0.1) is 11.4 Å². The Labute approximate surface area is 104 Å². The van der Waals surface area contributed by atoms with Crippen molar-refractivity contribution in [3.8, 4) is 16.9 Å². The molecular formula is C14H11N3O. The first kappa shape index (κ1) is 10.5. The zero-order chi connectivity index (χ0) is 12.4. The van der Waals surface area contributed by atoms with Gasteiger partial charge in [-0.2, -0.15) is 0 Å². The van der Waals surface area contributed by atoms with Gasteiger partial charge in [-0.3, -0.25) is 14.9 Å². The smallest absolute Gasteiger partial charge is 0.271 e. The highest BCUT2D eigenvalue weighted by molar-refractivity contribution is 5.58. The third-order valence-electron chi connectivity index (χ3n) is 2.73.